The summed E-state index contributed by atoms with van der Waals surface area (Å²) in [6.07, 6.45) is 22.7. The Morgan fingerprint density at radius 2 is 1.72 bits per heavy atom. The van der Waals surface area contributed by atoms with Crippen LogP contribution in [0, 0.1) is 46.3 Å². The molecule has 7 aliphatic carbocycles. The number of ether oxygens (including phenoxy) is 5. The average Bonchev–Trinajstić information content (AvgIpc) is 4.22. The van der Waals surface area contributed by atoms with E-state index < -0.39 is 29.0 Å². The Balaban J connectivity index is 0.691. The van der Waals surface area contributed by atoms with Crippen molar-refractivity contribution in [3.8, 4) is 0 Å². The summed E-state index contributed by atoms with van der Waals surface area (Å²) in [7, 11) is 3.39. The average molecular weight is 931 g/mol. The molecular weight excluding hydrogens is 857 g/mol. The van der Waals surface area contributed by atoms with Gasteiger partial charge in [-0.1, -0.05) is 93.2 Å². The number of hydrogen-bond donors (Lipinski definition) is 2. The number of carbonyl (C=O) groups excluding carboxylic acids is 2. The Bertz CT molecular complexity index is 2090. The van der Waals surface area contributed by atoms with E-state index in [-0.39, 0.29) is 52.9 Å². The summed E-state index contributed by atoms with van der Waals surface area (Å²) in [5, 5.41) is 22.8. The second-order valence-corrected chi connectivity index (χ2v) is 25.3. The van der Waals surface area contributed by atoms with Gasteiger partial charge in [0.25, 0.3) is 0 Å². The van der Waals surface area contributed by atoms with Crippen LogP contribution in [0.2, 0.25) is 0 Å². The van der Waals surface area contributed by atoms with E-state index >= 15 is 0 Å². The summed E-state index contributed by atoms with van der Waals surface area (Å²) in [4.78, 5) is 25.8. The first-order valence-electron chi connectivity index (χ1n) is 25.3. The third kappa shape index (κ3) is 7.64. The third-order valence-electron chi connectivity index (χ3n) is 18.9. The van der Waals surface area contributed by atoms with Crippen LogP contribution in [0.25, 0.3) is 0 Å². The van der Waals surface area contributed by atoms with Crippen LogP contribution < -0.4 is 0 Å². The van der Waals surface area contributed by atoms with Crippen molar-refractivity contribution in [1.29, 1.82) is 0 Å². The van der Waals surface area contributed by atoms with Crippen molar-refractivity contribution in [3.63, 3.8) is 0 Å². The lowest BCUT2D eigenvalue weighted by Gasteiger charge is -2.56. The molecule has 0 aromatic carbocycles. The van der Waals surface area contributed by atoms with Crippen molar-refractivity contribution < 1.29 is 43.5 Å². The lowest BCUT2D eigenvalue weighted by atomic mass is 9.46. The molecule has 2 N–H and O–H groups in total. The fourth-order valence-corrected chi connectivity index (χ4v) is 16.9. The number of allylic oxidation sites excluding steroid dienone is 5. The van der Waals surface area contributed by atoms with Crippen LogP contribution in [0.4, 0.5) is 0 Å². The molecule has 0 aromatic heterocycles. The van der Waals surface area contributed by atoms with Crippen molar-refractivity contribution in [2.45, 2.75) is 185 Å². The van der Waals surface area contributed by atoms with Gasteiger partial charge in [-0.3, -0.25) is 4.79 Å². The van der Waals surface area contributed by atoms with E-state index in [0.717, 1.165) is 73.8 Å². The zero-order valence-corrected chi connectivity index (χ0v) is 41.2. The Morgan fingerprint density at radius 1 is 0.938 bits per heavy atom. The molecule has 3 aliphatic heterocycles. The standard InChI is InChI=1S/C54H74O9S2/c1-31(2)52(58)29-46-54(63-46)51(7)25-21-38-39(30-59-48(38)57)42(51)28-45-53(54,62-45)49(52)60-33(4)22-26-64-65-27-23-47(56)61-44(37-16-17-37)20-13-32(3)40-18-19-41-36(11-9-24-50(40,41)6)15-14-35-10-8-12-43(55)34(35)5/h13-15,20,31-32,37,40-46,49,55,58H,4-5,8-12,16-19,21-30H2,1-3,6-7H3/b20-13+,35-14-,36-15+/t32-,40?,41?,42?,43-,44?,45-,46-,49+,50+,51-,52+,53+,54+/m0/s1. The number of cyclic esters (lactones) is 1. The highest BCUT2D eigenvalue weighted by molar-refractivity contribution is 8.76. The number of epoxide rings is 2. The van der Waals surface area contributed by atoms with Gasteiger partial charge in [-0.2, -0.15) is 0 Å². The Morgan fingerprint density at radius 3 is 2.49 bits per heavy atom. The molecule has 2 saturated heterocycles. The largest absolute Gasteiger partial charge is 0.489 e. The van der Waals surface area contributed by atoms with Crippen LogP contribution in [0.3, 0.4) is 0 Å². The van der Waals surface area contributed by atoms with Crippen LogP contribution in [-0.4, -0.2) is 87.6 Å². The molecule has 10 aliphatic rings. The normalized spacial score (nSPS) is 43.6. The van der Waals surface area contributed by atoms with E-state index in [0.29, 0.717) is 67.5 Å². The van der Waals surface area contributed by atoms with Crippen molar-refractivity contribution in [2.75, 3.05) is 18.1 Å². The minimum Gasteiger partial charge on any atom is -0.489 e. The van der Waals surface area contributed by atoms with Crippen molar-refractivity contribution >= 4 is 33.5 Å². The Hall–Kier alpha value is -2.28. The highest BCUT2D eigenvalue weighted by Gasteiger charge is 2.95. The number of fused-ring (bicyclic) bond motifs is 3. The fourth-order valence-electron chi connectivity index (χ4n) is 14.9. The van der Waals surface area contributed by atoms with Gasteiger partial charge in [0.15, 0.2) is 11.7 Å². The molecule has 6 saturated carbocycles. The molecule has 0 amide bonds. The molecule has 4 unspecified atom stereocenters. The molecule has 0 aromatic rings. The molecule has 9 nitrogen and oxygen atoms in total. The zero-order chi connectivity index (χ0) is 45.7. The summed E-state index contributed by atoms with van der Waals surface area (Å²) in [5.74, 6) is 3.85. The van der Waals surface area contributed by atoms with Gasteiger partial charge in [0, 0.05) is 35.3 Å². The first-order chi connectivity index (χ1) is 31.1. The highest BCUT2D eigenvalue weighted by Crippen LogP contribution is 2.80. The smallest absolute Gasteiger partial charge is 0.334 e. The molecule has 3 heterocycles. The van der Waals surface area contributed by atoms with Gasteiger partial charge >= 0.3 is 11.9 Å². The molecule has 356 valence electrons. The zero-order valence-electron chi connectivity index (χ0n) is 39.6. The molecule has 10 rings (SSSR count). The minimum atomic E-state index is -1.14. The molecule has 0 radical (unpaired) electrons. The number of hydrogen-bond acceptors (Lipinski definition) is 11. The van der Waals surface area contributed by atoms with E-state index in [4.69, 9.17) is 23.7 Å². The maximum absolute atomic E-state index is 13.2. The summed E-state index contributed by atoms with van der Waals surface area (Å²) in [6, 6.07) is 0. The molecule has 11 heteroatoms. The minimum absolute atomic E-state index is 0.0814. The van der Waals surface area contributed by atoms with Gasteiger partial charge in [-0.05, 0) is 147 Å². The molecule has 65 heavy (non-hydrogen) atoms. The number of esters is 2. The van der Waals surface area contributed by atoms with Gasteiger partial charge in [0.05, 0.1) is 30.5 Å². The van der Waals surface area contributed by atoms with Gasteiger partial charge in [0.1, 0.15) is 23.9 Å². The molecular formula is C54H74O9S2. The summed E-state index contributed by atoms with van der Waals surface area (Å²) >= 11 is 0. The summed E-state index contributed by atoms with van der Waals surface area (Å²) in [5.41, 5.74) is 3.21. The molecule has 2 spiro atoms. The fraction of sp³-hybridized carbons (Fsp3) is 0.741. The lowest BCUT2D eigenvalue weighted by molar-refractivity contribution is -0.187. The maximum Gasteiger partial charge on any atom is 0.334 e. The SMILES string of the molecule is C=C(CCSSCCC(=O)OC(/C=C/[C@H](C)C1CCC2/C(=C/C=C3/CCC[C@H](O)C3=C)CCC[C@@]21C)C1CC1)O[C@H]1[C@]23O[C@H]2CC2C4=C(CC[C@]2(C)[C@@]32O[C@H]2C[C@@]1(O)C(C)C)C(=O)OC4. The first kappa shape index (κ1) is 46.4. The summed E-state index contributed by atoms with van der Waals surface area (Å²) < 4.78 is 32.0. The highest BCUT2D eigenvalue weighted by atomic mass is 33.1. The third-order valence-corrected chi connectivity index (χ3v) is 21.3. The first-order valence-corrected chi connectivity index (χ1v) is 27.8. The van der Waals surface area contributed by atoms with Crippen molar-refractivity contribution in [3.05, 3.63) is 71.1 Å². The number of aliphatic hydroxyl groups is 2. The van der Waals surface area contributed by atoms with Gasteiger partial charge < -0.3 is 33.9 Å². The van der Waals surface area contributed by atoms with Crippen LogP contribution in [0.15, 0.2) is 71.1 Å². The van der Waals surface area contributed by atoms with Crippen LogP contribution in [0.1, 0.15) is 137 Å². The predicted molar refractivity (Wildman–Crippen MR) is 255 cm³/mol. The van der Waals surface area contributed by atoms with Crippen LogP contribution in [-0.2, 0) is 33.3 Å². The quantitative estimate of drug-likeness (QED) is 0.0384. The number of rotatable bonds is 16. The van der Waals surface area contributed by atoms with E-state index in [1.807, 2.05) is 0 Å². The molecule has 0 bridgehead atoms. The maximum atomic E-state index is 13.2. The van der Waals surface area contributed by atoms with Crippen molar-refractivity contribution in [1.82, 2.24) is 0 Å². The number of carbonyl (C=O) groups is 2. The van der Waals surface area contributed by atoms with Gasteiger partial charge in [-0.25, -0.2) is 4.79 Å². The Labute approximate surface area is 395 Å². The van der Waals surface area contributed by atoms with Gasteiger partial charge in [-0.15, -0.1) is 0 Å². The van der Waals surface area contributed by atoms with Crippen molar-refractivity contribution in [2.24, 2.45) is 46.3 Å². The van der Waals surface area contributed by atoms with E-state index in [2.05, 4.69) is 72.1 Å². The lowest BCUT2D eigenvalue weighted by Crippen LogP contribution is -2.72. The van der Waals surface area contributed by atoms with E-state index in [9.17, 15) is 19.8 Å². The predicted octanol–water partition coefficient (Wildman–Crippen LogP) is 10.5. The topological polar surface area (TPSA) is 127 Å². The second-order valence-electron chi connectivity index (χ2n) is 22.6. The van der Waals surface area contributed by atoms with Crippen LogP contribution in [0.5, 0.6) is 0 Å². The van der Waals surface area contributed by atoms with Crippen LogP contribution >= 0.6 is 21.6 Å². The van der Waals surface area contributed by atoms with E-state index in [1.165, 1.54) is 31.3 Å². The monoisotopic (exact) mass is 930 g/mol. The summed E-state index contributed by atoms with van der Waals surface area (Å²) in [6.45, 7) is 20.2. The molecule has 8 fully saturated rings. The second kappa shape index (κ2) is 17.3. The van der Waals surface area contributed by atoms with E-state index in [1.54, 1.807) is 27.2 Å². The molecule has 14 atom stereocenters. The number of aliphatic hydroxyl groups excluding tert-OH is 1. The van der Waals surface area contributed by atoms with Gasteiger partial charge in [0.2, 0.25) is 0 Å². The Kier molecular flexibility index (Phi) is 12.4.